The molecular weight excluding hydrogens is 347 g/mol. The number of fused-ring (bicyclic) bond motifs is 1. The Morgan fingerprint density at radius 2 is 2.15 bits per heavy atom. The first-order chi connectivity index (χ1) is 9.36. The van der Waals surface area contributed by atoms with E-state index in [0.29, 0.717) is 20.3 Å². The third kappa shape index (κ3) is 2.52. The first-order valence-electron chi connectivity index (χ1n) is 6.04. The molecule has 4 nitrogen and oxygen atoms in total. The summed E-state index contributed by atoms with van der Waals surface area (Å²) in [5.74, 6) is -0.783. The topological polar surface area (TPSA) is 47.0 Å². The highest BCUT2D eigenvalue weighted by molar-refractivity contribution is 9.10. The molecule has 0 fully saturated rings. The fourth-order valence-electron chi connectivity index (χ4n) is 2.19. The zero-order valence-corrected chi connectivity index (χ0v) is 13.6. The van der Waals surface area contributed by atoms with Crippen molar-refractivity contribution in [2.75, 3.05) is 7.11 Å². The van der Waals surface area contributed by atoms with Crippen molar-refractivity contribution in [2.24, 2.45) is 5.92 Å². The summed E-state index contributed by atoms with van der Waals surface area (Å²) < 4.78 is 20.8. The fourth-order valence-corrected chi connectivity index (χ4v) is 2.85. The molecule has 1 aromatic carbocycles. The molecule has 1 heterocycles. The number of carbonyl (C=O) groups is 1. The molecule has 1 aromatic heterocycles. The molecule has 0 aliphatic heterocycles. The smallest absolute Gasteiger partial charge is 0.329 e. The van der Waals surface area contributed by atoms with E-state index >= 15 is 0 Å². The van der Waals surface area contributed by atoms with Crippen LogP contribution in [0.25, 0.3) is 11.0 Å². The van der Waals surface area contributed by atoms with Gasteiger partial charge in [-0.15, -0.1) is 0 Å². The molecule has 0 saturated heterocycles. The highest BCUT2D eigenvalue weighted by atomic mass is 79.9. The van der Waals surface area contributed by atoms with Gasteiger partial charge in [0.1, 0.15) is 11.9 Å². The number of esters is 1. The van der Waals surface area contributed by atoms with Gasteiger partial charge in [-0.1, -0.05) is 13.8 Å². The Hall–Kier alpha value is -1.21. The van der Waals surface area contributed by atoms with Crippen LogP contribution < -0.4 is 0 Å². The summed E-state index contributed by atoms with van der Waals surface area (Å²) in [4.78, 5) is 14.9. The Labute approximate surface area is 129 Å². The second-order valence-electron chi connectivity index (χ2n) is 4.80. The first kappa shape index (κ1) is 15.2. The van der Waals surface area contributed by atoms with Crippen LogP contribution in [0.4, 0.5) is 4.39 Å². The summed E-state index contributed by atoms with van der Waals surface area (Å²) in [7, 11) is 1.34. The van der Waals surface area contributed by atoms with Gasteiger partial charge in [0.2, 0.25) is 0 Å². The molecule has 0 aliphatic carbocycles. The SMILES string of the molecule is COC(=O)C(C(C)C)n1c(=S)[nH]c2cc(F)c(Br)cc21. The molecular formula is C13H14BrFN2O2S. The Morgan fingerprint density at radius 1 is 1.50 bits per heavy atom. The fraction of sp³-hybridized carbons (Fsp3) is 0.385. The van der Waals surface area contributed by atoms with E-state index in [1.807, 2.05) is 13.8 Å². The molecule has 1 N–H and O–H groups in total. The van der Waals surface area contributed by atoms with Gasteiger partial charge in [0.15, 0.2) is 4.77 Å². The maximum atomic E-state index is 13.6. The standard InChI is InChI=1S/C13H14BrFN2O2S/c1-6(2)11(12(18)19-3)17-10-4-7(14)8(15)5-9(10)16-13(17)20/h4-6,11H,1-3H3,(H,16,20). The lowest BCUT2D eigenvalue weighted by Crippen LogP contribution is -2.25. The number of aromatic amines is 1. The van der Waals surface area contributed by atoms with Crippen LogP contribution >= 0.6 is 28.1 Å². The van der Waals surface area contributed by atoms with Gasteiger partial charge in [0, 0.05) is 6.07 Å². The molecule has 1 atom stereocenters. The average Bonchev–Trinajstić information content (AvgIpc) is 2.66. The molecule has 0 saturated carbocycles. The molecule has 2 aromatic rings. The quantitative estimate of drug-likeness (QED) is 0.665. The van der Waals surface area contributed by atoms with Gasteiger partial charge in [0.25, 0.3) is 0 Å². The number of rotatable bonds is 3. The average molecular weight is 361 g/mol. The molecule has 20 heavy (non-hydrogen) atoms. The summed E-state index contributed by atoms with van der Waals surface area (Å²) in [6, 6.07) is 2.40. The van der Waals surface area contributed by atoms with E-state index in [1.54, 1.807) is 10.6 Å². The molecule has 0 amide bonds. The van der Waals surface area contributed by atoms with Crippen LogP contribution in [0.3, 0.4) is 0 Å². The zero-order chi connectivity index (χ0) is 15.0. The maximum Gasteiger partial charge on any atom is 0.329 e. The summed E-state index contributed by atoms with van der Waals surface area (Å²) in [5, 5.41) is 0. The number of methoxy groups -OCH3 is 1. The molecule has 108 valence electrons. The predicted molar refractivity (Wildman–Crippen MR) is 80.7 cm³/mol. The number of halogens is 2. The van der Waals surface area contributed by atoms with Crippen molar-refractivity contribution >= 4 is 45.2 Å². The van der Waals surface area contributed by atoms with Gasteiger partial charge in [-0.05, 0) is 40.1 Å². The summed E-state index contributed by atoms with van der Waals surface area (Å²) >= 11 is 8.41. The Balaban J connectivity index is 2.75. The lowest BCUT2D eigenvalue weighted by atomic mass is 10.0. The Kier molecular flexibility index (Phi) is 4.29. The van der Waals surface area contributed by atoms with E-state index < -0.39 is 6.04 Å². The van der Waals surface area contributed by atoms with E-state index in [0.717, 1.165) is 0 Å². The van der Waals surface area contributed by atoms with E-state index in [1.165, 1.54) is 13.2 Å². The number of nitrogens with zero attached hydrogens (tertiary/aromatic N) is 1. The highest BCUT2D eigenvalue weighted by Crippen LogP contribution is 2.29. The third-order valence-electron chi connectivity index (χ3n) is 3.11. The van der Waals surface area contributed by atoms with Crippen LogP contribution in [0.2, 0.25) is 0 Å². The maximum absolute atomic E-state index is 13.6. The summed E-state index contributed by atoms with van der Waals surface area (Å²) in [6.45, 7) is 3.81. The molecule has 7 heteroatoms. The van der Waals surface area contributed by atoms with Crippen LogP contribution in [-0.4, -0.2) is 22.6 Å². The van der Waals surface area contributed by atoms with Crippen molar-refractivity contribution in [2.45, 2.75) is 19.9 Å². The van der Waals surface area contributed by atoms with E-state index in [4.69, 9.17) is 17.0 Å². The van der Waals surface area contributed by atoms with E-state index in [9.17, 15) is 9.18 Å². The Morgan fingerprint density at radius 3 is 2.70 bits per heavy atom. The predicted octanol–water partition coefficient (Wildman–Crippen LogP) is 3.97. The molecule has 1 unspecified atom stereocenters. The second kappa shape index (κ2) is 5.65. The van der Waals surface area contributed by atoms with Crippen LogP contribution in [0.5, 0.6) is 0 Å². The third-order valence-corrected chi connectivity index (χ3v) is 4.02. The minimum atomic E-state index is -0.557. The summed E-state index contributed by atoms with van der Waals surface area (Å²) in [6.07, 6.45) is 0. The van der Waals surface area contributed by atoms with E-state index in [2.05, 4.69) is 20.9 Å². The highest BCUT2D eigenvalue weighted by Gasteiger charge is 2.27. The molecule has 0 bridgehead atoms. The minimum Gasteiger partial charge on any atom is -0.467 e. The van der Waals surface area contributed by atoms with Gasteiger partial charge >= 0.3 is 5.97 Å². The Bertz CT molecular complexity index is 723. The van der Waals surface area contributed by atoms with Crippen molar-refractivity contribution in [3.05, 3.63) is 27.2 Å². The largest absolute Gasteiger partial charge is 0.467 e. The van der Waals surface area contributed by atoms with Crippen molar-refractivity contribution in [1.29, 1.82) is 0 Å². The molecule has 0 spiro atoms. The number of nitrogens with one attached hydrogen (secondary N) is 1. The number of ether oxygens (including phenoxy) is 1. The van der Waals surface area contributed by atoms with Crippen molar-refractivity contribution in [1.82, 2.24) is 9.55 Å². The number of benzene rings is 1. The van der Waals surface area contributed by atoms with Gasteiger partial charge < -0.3 is 14.3 Å². The lowest BCUT2D eigenvalue weighted by Gasteiger charge is -2.20. The summed E-state index contributed by atoms with van der Waals surface area (Å²) in [5.41, 5.74) is 1.21. The minimum absolute atomic E-state index is 0.0167. The monoisotopic (exact) mass is 360 g/mol. The van der Waals surface area contributed by atoms with Crippen molar-refractivity contribution in [3.63, 3.8) is 0 Å². The number of hydrogen-bond acceptors (Lipinski definition) is 3. The first-order valence-corrected chi connectivity index (χ1v) is 7.24. The molecule has 0 radical (unpaired) electrons. The lowest BCUT2D eigenvalue weighted by molar-refractivity contribution is -0.145. The van der Waals surface area contributed by atoms with Crippen LogP contribution in [0.15, 0.2) is 16.6 Å². The normalized spacial score (nSPS) is 12.9. The van der Waals surface area contributed by atoms with Crippen molar-refractivity contribution < 1.29 is 13.9 Å². The number of imidazole rings is 1. The number of H-pyrrole nitrogens is 1. The number of carbonyl (C=O) groups excluding carboxylic acids is 1. The van der Waals surface area contributed by atoms with E-state index in [-0.39, 0.29) is 17.7 Å². The zero-order valence-electron chi connectivity index (χ0n) is 11.2. The second-order valence-corrected chi connectivity index (χ2v) is 6.04. The molecule has 2 rings (SSSR count). The van der Waals surface area contributed by atoms with Gasteiger partial charge in [-0.2, -0.15) is 0 Å². The van der Waals surface area contributed by atoms with Gasteiger partial charge in [-0.3, -0.25) is 0 Å². The van der Waals surface area contributed by atoms with Gasteiger partial charge in [-0.25, -0.2) is 9.18 Å². The van der Waals surface area contributed by atoms with Crippen LogP contribution in [0, 0.1) is 16.5 Å². The van der Waals surface area contributed by atoms with Crippen molar-refractivity contribution in [3.8, 4) is 0 Å². The van der Waals surface area contributed by atoms with Crippen LogP contribution in [-0.2, 0) is 9.53 Å². The number of aromatic nitrogens is 2. The van der Waals surface area contributed by atoms with Crippen LogP contribution in [0.1, 0.15) is 19.9 Å². The number of hydrogen-bond donors (Lipinski definition) is 1. The van der Waals surface area contributed by atoms with Gasteiger partial charge in [0.05, 0.1) is 22.6 Å². The molecule has 0 aliphatic rings.